The van der Waals surface area contributed by atoms with Gasteiger partial charge in [0.2, 0.25) is 5.91 Å². The lowest BCUT2D eigenvalue weighted by molar-refractivity contribution is -0.118. The molecule has 1 heterocycles. The Hall–Kier alpha value is -1.35. The van der Waals surface area contributed by atoms with Gasteiger partial charge in [-0.15, -0.1) is 0 Å². The monoisotopic (exact) mass is 232 g/mol. The number of hydrogen-bond donors (Lipinski definition) is 1. The molecule has 1 fully saturated rings. The number of nitrogens with zero attached hydrogens (tertiary/aromatic N) is 1. The minimum Gasteiger partial charge on any atom is -0.309 e. The fourth-order valence-corrected chi connectivity index (χ4v) is 2.40. The molecule has 2 rings (SSSR count). The van der Waals surface area contributed by atoms with Crippen molar-refractivity contribution in [2.45, 2.75) is 26.7 Å². The Labute approximate surface area is 103 Å². The van der Waals surface area contributed by atoms with E-state index in [1.165, 1.54) is 11.1 Å². The van der Waals surface area contributed by atoms with Gasteiger partial charge in [-0.25, -0.2) is 0 Å². The van der Waals surface area contributed by atoms with Crippen LogP contribution in [0.15, 0.2) is 18.2 Å². The van der Waals surface area contributed by atoms with Gasteiger partial charge in [0.25, 0.3) is 0 Å². The third-order valence-corrected chi connectivity index (χ3v) is 3.32. The SMILES string of the molecule is CCc1cccc(CC)c1N1CCNCC1=O. The summed E-state index contributed by atoms with van der Waals surface area (Å²) in [5.41, 5.74) is 3.71. The van der Waals surface area contributed by atoms with E-state index in [4.69, 9.17) is 0 Å². The molecule has 1 aromatic rings. The molecule has 0 aromatic heterocycles. The third-order valence-electron chi connectivity index (χ3n) is 3.32. The molecule has 1 N–H and O–H groups in total. The predicted molar refractivity (Wildman–Crippen MR) is 70.4 cm³/mol. The Kier molecular flexibility index (Phi) is 3.79. The average Bonchev–Trinajstić information content (AvgIpc) is 2.38. The maximum Gasteiger partial charge on any atom is 0.240 e. The van der Waals surface area contributed by atoms with E-state index in [0.29, 0.717) is 6.54 Å². The molecule has 92 valence electrons. The molecule has 1 saturated heterocycles. The zero-order chi connectivity index (χ0) is 12.3. The van der Waals surface area contributed by atoms with E-state index in [1.807, 2.05) is 4.90 Å². The highest BCUT2D eigenvalue weighted by Gasteiger charge is 2.22. The number of para-hydroxylation sites is 1. The van der Waals surface area contributed by atoms with Crippen LogP contribution in [0.1, 0.15) is 25.0 Å². The van der Waals surface area contributed by atoms with Gasteiger partial charge in [0.1, 0.15) is 0 Å². The minimum absolute atomic E-state index is 0.187. The van der Waals surface area contributed by atoms with Crippen molar-refractivity contribution in [2.75, 3.05) is 24.5 Å². The highest BCUT2D eigenvalue weighted by atomic mass is 16.2. The Bertz CT molecular complexity index is 392. The van der Waals surface area contributed by atoms with E-state index >= 15 is 0 Å². The summed E-state index contributed by atoms with van der Waals surface area (Å²) in [6, 6.07) is 6.35. The second-order valence-electron chi connectivity index (χ2n) is 4.35. The molecule has 1 amide bonds. The van der Waals surface area contributed by atoms with Crippen molar-refractivity contribution >= 4 is 11.6 Å². The molecule has 0 unspecified atom stereocenters. The second kappa shape index (κ2) is 5.32. The summed E-state index contributed by atoms with van der Waals surface area (Å²) in [7, 11) is 0. The van der Waals surface area contributed by atoms with Gasteiger partial charge in [-0.3, -0.25) is 4.79 Å². The van der Waals surface area contributed by atoms with E-state index in [0.717, 1.165) is 31.6 Å². The number of piperazine rings is 1. The van der Waals surface area contributed by atoms with Gasteiger partial charge in [0.05, 0.1) is 12.2 Å². The fourth-order valence-electron chi connectivity index (χ4n) is 2.40. The maximum atomic E-state index is 12.0. The molecule has 0 aliphatic carbocycles. The first-order valence-electron chi connectivity index (χ1n) is 6.39. The van der Waals surface area contributed by atoms with Crippen molar-refractivity contribution in [1.82, 2.24) is 5.32 Å². The van der Waals surface area contributed by atoms with Gasteiger partial charge in [-0.1, -0.05) is 32.0 Å². The van der Waals surface area contributed by atoms with Crippen LogP contribution in [-0.2, 0) is 17.6 Å². The van der Waals surface area contributed by atoms with Gasteiger partial charge < -0.3 is 10.2 Å². The van der Waals surface area contributed by atoms with Crippen molar-refractivity contribution in [3.8, 4) is 0 Å². The number of nitrogens with one attached hydrogen (secondary N) is 1. The van der Waals surface area contributed by atoms with Crippen LogP contribution in [0.5, 0.6) is 0 Å². The van der Waals surface area contributed by atoms with E-state index in [1.54, 1.807) is 0 Å². The van der Waals surface area contributed by atoms with Crippen molar-refractivity contribution in [3.05, 3.63) is 29.3 Å². The molecule has 3 heteroatoms. The predicted octanol–water partition coefficient (Wildman–Crippen LogP) is 1.75. The minimum atomic E-state index is 0.187. The molecule has 3 nitrogen and oxygen atoms in total. The first-order chi connectivity index (χ1) is 8.27. The Morgan fingerprint density at radius 2 is 1.88 bits per heavy atom. The van der Waals surface area contributed by atoms with Crippen molar-refractivity contribution in [3.63, 3.8) is 0 Å². The molecular weight excluding hydrogens is 212 g/mol. The number of aryl methyl sites for hydroxylation is 2. The molecule has 17 heavy (non-hydrogen) atoms. The van der Waals surface area contributed by atoms with Gasteiger partial charge in [-0.05, 0) is 24.0 Å². The van der Waals surface area contributed by atoms with Crippen LogP contribution >= 0.6 is 0 Å². The van der Waals surface area contributed by atoms with Crippen LogP contribution in [-0.4, -0.2) is 25.5 Å². The molecule has 1 aliphatic rings. The van der Waals surface area contributed by atoms with Gasteiger partial charge in [-0.2, -0.15) is 0 Å². The largest absolute Gasteiger partial charge is 0.309 e. The summed E-state index contributed by atoms with van der Waals surface area (Å²) in [5, 5.41) is 3.12. The number of carbonyl (C=O) groups excluding carboxylic acids is 1. The summed E-state index contributed by atoms with van der Waals surface area (Å²) < 4.78 is 0. The van der Waals surface area contributed by atoms with Crippen molar-refractivity contribution in [1.29, 1.82) is 0 Å². The molecule has 0 saturated carbocycles. The lowest BCUT2D eigenvalue weighted by Crippen LogP contribution is -2.48. The summed E-state index contributed by atoms with van der Waals surface area (Å²) in [6.07, 6.45) is 1.95. The van der Waals surface area contributed by atoms with E-state index in [2.05, 4.69) is 37.4 Å². The molecule has 0 radical (unpaired) electrons. The molecule has 0 spiro atoms. The van der Waals surface area contributed by atoms with Crippen LogP contribution in [0.25, 0.3) is 0 Å². The highest BCUT2D eigenvalue weighted by Crippen LogP contribution is 2.27. The van der Waals surface area contributed by atoms with Crippen LogP contribution in [0.2, 0.25) is 0 Å². The summed E-state index contributed by atoms with van der Waals surface area (Å²) in [6.45, 7) is 6.41. The van der Waals surface area contributed by atoms with Crippen LogP contribution < -0.4 is 10.2 Å². The lowest BCUT2D eigenvalue weighted by Gasteiger charge is -2.31. The second-order valence-corrected chi connectivity index (χ2v) is 4.35. The number of carbonyl (C=O) groups is 1. The standard InChI is InChI=1S/C14H20N2O/c1-3-11-6-5-7-12(4-2)14(11)16-9-8-15-10-13(16)17/h5-7,15H,3-4,8-10H2,1-2H3. The Morgan fingerprint density at radius 3 is 2.41 bits per heavy atom. The fraction of sp³-hybridized carbons (Fsp3) is 0.500. The zero-order valence-electron chi connectivity index (χ0n) is 10.6. The van der Waals surface area contributed by atoms with Crippen molar-refractivity contribution in [2.24, 2.45) is 0 Å². The van der Waals surface area contributed by atoms with Gasteiger partial charge in [0, 0.05) is 13.1 Å². The van der Waals surface area contributed by atoms with Crippen LogP contribution in [0, 0.1) is 0 Å². The number of anilines is 1. The first kappa shape index (κ1) is 12.1. The summed E-state index contributed by atoms with van der Waals surface area (Å²) >= 11 is 0. The molecule has 1 aliphatic heterocycles. The summed E-state index contributed by atoms with van der Waals surface area (Å²) in [5.74, 6) is 0.187. The Morgan fingerprint density at radius 1 is 1.24 bits per heavy atom. The smallest absolute Gasteiger partial charge is 0.240 e. The highest BCUT2D eigenvalue weighted by molar-refractivity contribution is 5.97. The van der Waals surface area contributed by atoms with E-state index < -0.39 is 0 Å². The van der Waals surface area contributed by atoms with Gasteiger partial charge in [0.15, 0.2) is 0 Å². The van der Waals surface area contributed by atoms with Crippen LogP contribution in [0.4, 0.5) is 5.69 Å². The third kappa shape index (κ3) is 2.34. The Balaban J connectivity index is 2.44. The summed E-state index contributed by atoms with van der Waals surface area (Å²) in [4.78, 5) is 13.9. The molecular formula is C14H20N2O. The molecule has 0 bridgehead atoms. The van der Waals surface area contributed by atoms with E-state index in [9.17, 15) is 4.79 Å². The normalized spacial score (nSPS) is 16.4. The quantitative estimate of drug-likeness (QED) is 0.861. The lowest BCUT2D eigenvalue weighted by atomic mass is 10.0. The van der Waals surface area contributed by atoms with Gasteiger partial charge >= 0.3 is 0 Å². The first-order valence-corrected chi connectivity index (χ1v) is 6.39. The molecule has 1 aromatic carbocycles. The number of hydrogen-bond acceptors (Lipinski definition) is 2. The maximum absolute atomic E-state index is 12.0. The average molecular weight is 232 g/mol. The number of amides is 1. The zero-order valence-corrected chi connectivity index (χ0v) is 10.6. The van der Waals surface area contributed by atoms with E-state index in [-0.39, 0.29) is 5.91 Å². The molecule has 0 atom stereocenters. The van der Waals surface area contributed by atoms with Crippen LogP contribution in [0.3, 0.4) is 0 Å². The number of rotatable bonds is 3. The van der Waals surface area contributed by atoms with Crippen molar-refractivity contribution < 1.29 is 4.79 Å². The topological polar surface area (TPSA) is 32.3 Å². The number of benzene rings is 1.